The SMILES string of the molecule is CO[C@@H]1CN(C(=O)OCc2ccccc2)[C@@](C)(C(=O)O)C1. The van der Waals surface area contributed by atoms with Crippen LogP contribution in [-0.2, 0) is 20.9 Å². The highest BCUT2D eigenvalue weighted by atomic mass is 16.6. The molecule has 1 saturated heterocycles. The van der Waals surface area contributed by atoms with Gasteiger partial charge >= 0.3 is 12.1 Å². The summed E-state index contributed by atoms with van der Waals surface area (Å²) in [6.07, 6.45) is -0.683. The maximum atomic E-state index is 12.2. The van der Waals surface area contributed by atoms with Crippen molar-refractivity contribution in [2.24, 2.45) is 0 Å². The number of nitrogens with zero attached hydrogens (tertiary/aromatic N) is 1. The highest BCUT2D eigenvalue weighted by molar-refractivity contribution is 5.84. The van der Waals surface area contributed by atoms with Crippen LogP contribution in [0.4, 0.5) is 4.79 Å². The van der Waals surface area contributed by atoms with Gasteiger partial charge in [0.2, 0.25) is 0 Å². The number of carboxylic acids is 1. The smallest absolute Gasteiger partial charge is 0.411 e. The zero-order valence-corrected chi connectivity index (χ0v) is 12.1. The second kappa shape index (κ2) is 6.13. The molecule has 21 heavy (non-hydrogen) atoms. The first kappa shape index (κ1) is 15.3. The minimum absolute atomic E-state index is 0.115. The number of methoxy groups -OCH3 is 1. The monoisotopic (exact) mass is 293 g/mol. The molecule has 1 amide bonds. The predicted molar refractivity (Wildman–Crippen MR) is 74.8 cm³/mol. The largest absolute Gasteiger partial charge is 0.480 e. The molecule has 2 rings (SSSR count). The molecule has 0 saturated carbocycles. The first-order chi connectivity index (χ1) is 9.97. The average Bonchev–Trinajstić information content (AvgIpc) is 2.84. The highest BCUT2D eigenvalue weighted by Gasteiger charge is 2.51. The fraction of sp³-hybridized carbons (Fsp3) is 0.467. The van der Waals surface area contributed by atoms with Gasteiger partial charge in [-0.05, 0) is 12.5 Å². The van der Waals surface area contributed by atoms with Crippen LogP contribution in [0.5, 0.6) is 0 Å². The molecule has 6 nitrogen and oxygen atoms in total. The van der Waals surface area contributed by atoms with Crippen LogP contribution < -0.4 is 0 Å². The van der Waals surface area contributed by atoms with Gasteiger partial charge in [0.25, 0.3) is 0 Å². The lowest BCUT2D eigenvalue weighted by molar-refractivity contribution is -0.148. The molecule has 0 aliphatic carbocycles. The molecule has 2 atom stereocenters. The summed E-state index contributed by atoms with van der Waals surface area (Å²) in [7, 11) is 1.51. The van der Waals surface area contributed by atoms with Crippen LogP contribution in [0.15, 0.2) is 30.3 Å². The van der Waals surface area contributed by atoms with Crippen LogP contribution in [0, 0.1) is 0 Å². The zero-order chi connectivity index (χ0) is 15.5. The van der Waals surface area contributed by atoms with Crippen molar-refractivity contribution >= 4 is 12.1 Å². The Labute approximate surface area is 123 Å². The van der Waals surface area contributed by atoms with Gasteiger partial charge in [-0.1, -0.05) is 30.3 Å². The Morgan fingerprint density at radius 1 is 1.38 bits per heavy atom. The van der Waals surface area contributed by atoms with E-state index in [1.165, 1.54) is 18.9 Å². The average molecular weight is 293 g/mol. The fourth-order valence-corrected chi connectivity index (χ4v) is 2.46. The first-order valence-corrected chi connectivity index (χ1v) is 6.72. The third-order valence-corrected chi connectivity index (χ3v) is 3.83. The molecule has 1 aliphatic rings. The summed E-state index contributed by atoms with van der Waals surface area (Å²) in [6.45, 7) is 1.84. The van der Waals surface area contributed by atoms with Crippen molar-refractivity contribution in [3.8, 4) is 0 Å². The number of carboxylic acid groups (broad SMARTS) is 1. The highest BCUT2D eigenvalue weighted by Crippen LogP contribution is 2.31. The minimum Gasteiger partial charge on any atom is -0.480 e. The number of hydrogen-bond acceptors (Lipinski definition) is 4. The van der Waals surface area contributed by atoms with Crippen molar-refractivity contribution in [3.05, 3.63) is 35.9 Å². The lowest BCUT2D eigenvalue weighted by Gasteiger charge is -2.29. The summed E-state index contributed by atoms with van der Waals surface area (Å²) in [6, 6.07) is 9.25. The lowest BCUT2D eigenvalue weighted by Crippen LogP contribution is -2.50. The van der Waals surface area contributed by atoms with Crippen LogP contribution in [-0.4, -0.2) is 47.4 Å². The molecule has 1 N–H and O–H groups in total. The van der Waals surface area contributed by atoms with Gasteiger partial charge in [0.1, 0.15) is 12.1 Å². The molecule has 0 aromatic heterocycles. The first-order valence-electron chi connectivity index (χ1n) is 6.72. The van der Waals surface area contributed by atoms with E-state index in [4.69, 9.17) is 9.47 Å². The van der Waals surface area contributed by atoms with E-state index in [2.05, 4.69) is 0 Å². The summed E-state index contributed by atoms with van der Waals surface area (Å²) < 4.78 is 10.4. The van der Waals surface area contributed by atoms with Crippen molar-refractivity contribution < 1.29 is 24.2 Å². The maximum absolute atomic E-state index is 12.2. The number of carbonyl (C=O) groups excluding carboxylic acids is 1. The fourth-order valence-electron chi connectivity index (χ4n) is 2.46. The molecule has 6 heteroatoms. The summed E-state index contributed by atoms with van der Waals surface area (Å²) in [5.74, 6) is -1.06. The number of carbonyl (C=O) groups is 2. The molecule has 1 aromatic rings. The van der Waals surface area contributed by atoms with Gasteiger partial charge < -0.3 is 14.6 Å². The molecule has 1 aromatic carbocycles. The topological polar surface area (TPSA) is 76.1 Å². The van der Waals surface area contributed by atoms with E-state index in [9.17, 15) is 14.7 Å². The third-order valence-electron chi connectivity index (χ3n) is 3.83. The second-order valence-corrected chi connectivity index (χ2v) is 5.29. The second-order valence-electron chi connectivity index (χ2n) is 5.29. The summed E-state index contributed by atoms with van der Waals surface area (Å²) in [5, 5.41) is 9.39. The Balaban J connectivity index is 2.04. The van der Waals surface area contributed by atoms with Crippen LogP contribution in [0.1, 0.15) is 18.9 Å². The Hall–Kier alpha value is -2.08. The zero-order valence-electron chi connectivity index (χ0n) is 12.1. The molecule has 0 unspecified atom stereocenters. The minimum atomic E-state index is -1.30. The normalized spacial score (nSPS) is 24.9. The Kier molecular flexibility index (Phi) is 4.47. The van der Waals surface area contributed by atoms with Crippen LogP contribution in [0.2, 0.25) is 0 Å². The van der Waals surface area contributed by atoms with E-state index in [-0.39, 0.29) is 25.7 Å². The van der Waals surface area contributed by atoms with Gasteiger partial charge in [-0.3, -0.25) is 4.90 Å². The molecule has 0 spiro atoms. The maximum Gasteiger partial charge on any atom is 0.411 e. The van der Waals surface area contributed by atoms with E-state index in [0.717, 1.165) is 5.56 Å². The standard InChI is InChI=1S/C15H19NO5/c1-15(13(17)18)8-12(20-2)9-16(15)14(19)21-10-11-6-4-3-5-7-11/h3-7,12H,8-10H2,1-2H3,(H,17,18)/t12-,15+/m0/s1. The third kappa shape index (κ3) is 3.16. The number of likely N-dealkylation sites (tertiary alicyclic amines) is 1. The van der Waals surface area contributed by atoms with Crippen LogP contribution in [0.25, 0.3) is 0 Å². The molecule has 1 fully saturated rings. The summed E-state index contributed by atoms with van der Waals surface area (Å²) in [5.41, 5.74) is -0.445. The molecule has 114 valence electrons. The van der Waals surface area contributed by atoms with E-state index < -0.39 is 17.6 Å². The number of aliphatic carboxylic acids is 1. The van der Waals surface area contributed by atoms with Gasteiger partial charge in [-0.25, -0.2) is 9.59 Å². The number of rotatable bonds is 4. The van der Waals surface area contributed by atoms with Crippen LogP contribution in [0.3, 0.4) is 0 Å². The summed E-state index contributed by atoms with van der Waals surface area (Å²) in [4.78, 5) is 24.9. The van der Waals surface area contributed by atoms with E-state index in [1.54, 1.807) is 0 Å². The van der Waals surface area contributed by atoms with E-state index in [0.29, 0.717) is 0 Å². The summed E-state index contributed by atoms with van der Waals surface area (Å²) >= 11 is 0. The van der Waals surface area contributed by atoms with Crippen molar-refractivity contribution in [3.63, 3.8) is 0 Å². The molecule has 0 radical (unpaired) electrons. The number of benzene rings is 1. The molecular formula is C15H19NO5. The van der Waals surface area contributed by atoms with Crippen molar-refractivity contribution in [2.45, 2.75) is 31.6 Å². The quantitative estimate of drug-likeness (QED) is 0.917. The Bertz CT molecular complexity index is 518. The Morgan fingerprint density at radius 3 is 2.62 bits per heavy atom. The van der Waals surface area contributed by atoms with Crippen molar-refractivity contribution in [1.29, 1.82) is 0 Å². The number of amides is 1. The lowest BCUT2D eigenvalue weighted by atomic mass is 9.99. The van der Waals surface area contributed by atoms with E-state index >= 15 is 0 Å². The molecular weight excluding hydrogens is 274 g/mol. The Morgan fingerprint density at radius 2 is 2.05 bits per heavy atom. The number of hydrogen-bond donors (Lipinski definition) is 1. The van der Waals surface area contributed by atoms with Crippen molar-refractivity contribution in [1.82, 2.24) is 4.90 Å². The molecule has 1 heterocycles. The van der Waals surface area contributed by atoms with Gasteiger partial charge in [-0.15, -0.1) is 0 Å². The van der Waals surface area contributed by atoms with Crippen LogP contribution >= 0.6 is 0 Å². The molecule has 0 bridgehead atoms. The number of ether oxygens (including phenoxy) is 2. The van der Waals surface area contributed by atoms with Gasteiger partial charge in [0.05, 0.1) is 12.6 Å². The van der Waals surface area contributed by atoms with E-state index in [1.807, 2.05) is 30.3 Å². The van der Waals surface area contributed by atoms with Gasteiger partial charge in [0, 0.05) is 13.5 Å². The molecule has 1 aliphatic heterocycles. The van der Waals surface area contributed by atoms with Crippen molar-refractivity contribution in [2.75, 3.05) is 13.7 Å². The van der Waals surface area contributed by atoms with Gasteiger partial charge in [0.15, 0.2) is 0 Å². The van der Waals surface area contributed by atoms with Gasteiger partial charge in [-0.2, -0.15) is 0 Å². The predicted octanol–water partition coefficient (Wildman–Crippen LogP) is 1.89.